The van der Waals surface area contributed by atoms with Gasteiger partial charge in [0.05, 0.1) is 0 Å². The first-order valence-corrected chi connectivity index (χ1v) is 6.62. The first-order chi connectivity index (χ1) is 9.28. The lowest BCUT2D eigenvalue weighted by Gasteiger charge is -2.37. The van der Waals surface area contributed by atoms with Gasteiger partial charge in [-0.1, -0.05) is 30.3 Å². The predicted octanol–water partition coefficient (Wildman–Crippen LogP) is 1.15. The van der Waals surface area contributed by atoms with E-state index in [1.165, 1.54) is 9.80 Å². The molecule has 20 heavy (non-hydrogen) atoms. The maximum atomic E-state index is 12.6. The molecule has 0 aromatic heterocycles. The first kappa shape index (κ1) is 14.5. The molecular weight excluding hydrogens is 256 g/mol. The van der Waals surface area contributed by atoms with Gasteiger partial charge >= 0.3 is 0 Å². The number of benzene rings is 1. The van der Waals surface area contributed by atoms with Gasteiger partial charge in [-0.2, -0.15) is 0 Å². The van der Waals surface area contributed by atoms with E-state index >= 15 is 0 Å². The molecule has 1 fully saturated rings. The van der Waals surface area contributed by atoms with Gasteiger partial charge in [-0.3, -0.25) is 9.59 Å². The zero-order chi connectivity index (χ0) is 15.1. The summed E-state index contributed by atoms with van der Waals surface area (Å²) in [7, 11) is 1.67. The summed E-state index contributed by atoms with van der Waals surface area (Å²) in [4.78, 5) is 27.6. The molecule has 0 spiro atoms. The lowest BCUT2D eigenvalue weighted by atomic mass is 10.1. The van der Waals surface area contributed by atoms with Crippen molar-refractivity contribution in [2.75, 3.05) is 7.05 Å². The largest absolute Gasteiger partial charge is 0.378 e. The molecule has 1 heterocycles. The van der Waals surface area contributed by atoms with Crippen molar-refractivity contribution < 1.29 is 14.7 Å². The van der Waals surface area contributed by atoms with E-state index < -0.39 is 23.7 Å². The van der Waals surface area contributed by atoms with Crippen molar-refractivity contribution in [3.8, 4) is 0 Å². The van der Waals surface area contributed by atoms with Gasteiger partial charge < -0.3 is 14.9 Å². The molecule has 0 bridgehead atoms. The number of amides is 2. The molecule has 0 radical (unpaired) electrons. The third-order valence-electron chi connectivity index (χ3n) is 4.07. The maximum Gasteiger partial charge on any atom is 0.258 e. The van der Waals surface area contributed by atoms with Crippen LogP contribution in [0.5, 0.6) is 0 Å². The molecule has 1 aliphatic rings. The molecule has 5 heteroatoms. The van der Waals surface area contributed by atoms with Crippen molar-refractivity contribution in [3.05, 3.63) is 35.9 Å². The molecule has 0 unspecified atom stereocenters. The van der Waals surface area contributed by atoms with Crippen molar-refractivity contribution in [2.45, 2.75) is 38.6 Å². The molecule has 1 aromatic rings. The molecule has 2 amide bonds. The number of rotatable bonds is 2. The number of hydrogen-bond donors (Lipinski definition) is 1. The Morgan fingerprint density at radius 1 is 1.30 bits per heavy atom. The molecule has 0 saturated carbocycles. The fourth-order valence-corrected chi connectivity index (χ4v) is 2.67. The second-order valence-corrected chi connectivity index (χ2v) is 5.59. The zero-order valence-electron chi connectivity index (χ0n) is 12.2. The van der Waals surface area contributed by atoms with Crippen molar-refractivity contribution in [3.63, 3.8) is 0 Å². The van der Waals surface area contributed by atoms with E-state index in [1.807, 2.05) is 6.07 Å². The smallest absolute Gasteiger partial charge is 0.258 e. The van der Waals surface area contributed by atoms with Gasteiger partial charge in [-0.25, -0.2) is 0 Å². The van der Waals surface area contributed by atoms with Crippen molar-refractivity contribution in [2.24, 2.45) is 0 Å². The fourth-order valence-electron chi connectivity index (χ4n) is 2.67. The third kappa shape index (κ3) is 2.08. The Morgan fingerprint density at radius 3 is 2.30 bits per heavy atom. The van der Waals surface area contributed by atoms with Gasteiger partial charge in [0, 0.05) is 7.05 Å². The van der Waals surface area contributed by atoms with Crippen LogP contribution in [-0.2, 0) is 9.59 Å². The Labute approximate surface area is 118 Å². The Hall–Kier alpha value is -1.88. The second kappa shape index (κ2) is 4.90. The number of hydrogen-bond acceptors (Lipinski definition) is 3. The minimum absolute atomic E-state index is 0.122. The van der Waals surface area contributed by atoms with Crippen LogP contribution < -0.4 is 0 Å². The van der Waals surface area contributed by atoms with Crippen LogP contribution in [0.1, 0.15) is 32.4 Å². The average molecular weight is 276 g/mol. The van der Waals surface area contributed by atoms with Crippen LogP contribution in [0.25, 0.3) is 0 Å². The molecule has 1 aromatic carbocycles. The summed E-state index contributed by atoms with van der Waals surface area (Å²) in [5, 5.41) is 10.3. The Kier molecular flexibility index (Phi) is 3.56. The van der Waals surface area contributed by atoms with Crippen LogP contribution in [0.4, 0.5) is 0 Å². The summed E-state index contributed by atoms with van der Waals surface area (Å²) < 4.78 is 0. The summed E-state index contributed by atoms with van der Waals surface area (Å²) in [6.45, 7) is 5.28. The summed E-state index contributed by atoms with van der Waals surface area (Å²) >= 11 is 0. The highest BCUT2D eigenvalue weighted by Crippen LogP contribution is 2.32. The van der Waals surface area contributed by atoms with E-state index in [-0.39, 0.29) is 5.91 Å². The van der Waals surface area contributed by atoms with Gasteiger partial charge in [0.25, 0.3) is 5.91 Å². The minimum atomic E-state index is -1.25. The Bertz CT molecular complexity index is 527. The van der Waals surface area contributed by atoms with E-state index in [9.17, 15) is 14.7 Å². The Balaban J connectivity index is 2.31. The number of aliphatic hydroxyl groups excluding tert-OH is 1. The second-order valence-electron chi connectivity index (χ2n) is 5.59. The monoisotopic (exact) mass is 276 g/mol. The number of nitrogens with zero attached hydrogens (tertiary/aromatic N) is 2. The molecular formula is C15H20N2O3. The molecule has 108 valence electrons. The highest BCUT2D eigenvalue weighted by atomic mass is 16.3. The van der Waals surface area contributed by atoms with Gasteiger partial charge in [-0.05, 0) is 26.3 Å². The quantitative estimate of drug-likeness (QED) is 0.881. The van der Waals surface area contributed by atoms with Gasteiger partial charge in [0.15, 0.2) is 6.10 Å². The van der Waals surface area contributed by atoms with Crippen LogP contribution in [0, 0.1) is 0 Å². The maximum absolute atomic E-state index is 12.6. The fraction of sp³-hybridized carbons (Fsp3) is 0.467. The molecule has 2 rings (SSSR count). The number of carbonyl (C=O) groups is 2. The molecule has 1 N–H and O–H groups in total. The van der Waals surface area contributed by atoms with Crippen LogP contribution in [0.3, 0.4) is 0 Å². The number of aliphatic hydroxyl groups is 1. The van der Waals surface area contributed by atoms with Gasteiger partial charge in [0.1, 0.15) is 11.7 Å². The lowest BCUT2D eigenvalue weighted by molar-refractivity contribution is -0.148. The van der Waals surface area contributed by atoms with Crippen LogP contribution >= 0.6 is 0 Å². The molecule has 1 saturated heterocycles. The summed E-state index contributed by atoms with van der Waals surface area (Å²) in [6, 6.07) is 8.17. The number of carbonyl (C=O) groups excluding carboxylic acids is 2. The summed E-state index contributed by atoms with van der Waals surface area (Å²) in [5.74, 6) is -0.574. The zero-order valence-corrected chi connectivity index (χ0v) is 12.2. The van der Waals surface area contributed by atoms with Gasteiger partial charge in [0.2, 0.25) is 5.91 Å². The van der Waals surface area contributed by atoms with Crippen molar-refractivity contribution in [1.29, 1.82) is 0 Å². The minimum Gasteiger partial charge on any atom is -0.378 e. The predicted molar refractivity (Wildman–Crippen MR) is 74.6 cm³/mol. The van der Waals surface area contributed by atoms with E-state index in [1.54, 1.807) is 52.1 Å². The van der Waals surface area contributed by atoms with Crippen LogP contribution in [0.2, 0.25) is 0 Å². The highest BCUT2D eigenvalue weighted by Gasteiger charge is 2.51. The van der Waals surface area contributed by atoms with E-state index in [0.29, 0.717) is 5.56 Å². The van der Waals surface area contributed by atoms with Crippen molar-refractivity contribution in [1.82, 2.24) is 9.80 Å². The standard InChI is InChI=1S/C15H20N2O3/c1-10-13(19)16(4)15(2,3)17(10)14(20)12(18)11-8-6-5-7-9-11/h5-10,12,18H,1-4H3/t10-,12+/m0/s1. The SMILES string of the molecule is C[C@H]1C(=O)N(C)C(C)(C)N1C(=O)[C@H](O)c1ccccc1. The average Bonchev–Trinajstić information content (AvgIpc) is 2.59. The highest BCUT2D eigenvalue weighted by molar-refractivity contribution is 5.93. The first-order valence-electron chi connectivity index (χ1n) is 6.62. The Morgan fingerprint density at radius 2 is 1.85 bits per heavy atom. The van der Waals surface area contributed by atoms with Crippen molar-refractivity contribution >= 4 is 11.8 Å². The molecule has 2 atom stereocenters. The molecule has 0 aliphatic carbocycles. The summed E-state index contributed by atoms with van der Waals surface area (Å²) in [6.07, 6.45) is -1.25. The summed E-state index contributed by atoms with van der Waals surface area (Å²) in [5.41, 5.74) is -0.217. The van der Waals surface area contributed by atoms with E-state index in [0.717, 1.165) is 0 Å². The van der Waals surface area contributed by atoms with Crippen LogP contribution in [-0.4, -0.2) is 45.5 Å². The topological polar surface area (TPSA) is 60.9 Å². The molecule has 5 nitrogen and oxygen atoms in total. The van der Waals surface area contributed by atoms with Crippen LogP contribution in [0.15, 0.2) is 30.3 Å². The normalized spacial score (nSPS) is 23.1. The number of likely N-dealkylation sites (N-methyl/N-ethyl adjacent to an activating group) is 1. The van der Waals surface area contributed by atoms with E-state index in [2.05, 4.69) is 0 Å². The molecule has 1 aliphatic heterocycles. The van der Waals surface area contributed by atoms with Gasteiger partial charge in [-0.15, -0.1) is 0 Å². The van der Waals surface area contributed by atoms with E-state index in [4.69, 9.17) is 0 Å². The third-order valence-corrected chi connectivity index (χ3v) is 4.07. The lowest BCUT2D eigenvalue weighted by Crippen LogP contribution is -2.52.